The van der Waals surface area contributed by atoms with Crippen molar-refractivity contribution in [2.45, 2.75) is 19.8 Å². The van der Waals surface area contributed by atoms with Crippen molar-refractivity contribution in [2.24, 2.45) is 5.92 Å². The van der Waals surface area contributed by atoms with Gasteiger partial charge in [-0.05, 0) is 12.3 Å². The fourth-order valence-corrected chi connectivity index (χ4v) is 1.22. The molecule has 1 aromatic heterocycles. The van der Waals surface area contributed by atoms with Crippen LogP contribution in [-0.2, 0) is 4.79 Å². The number of hydrogen-bond acceptors (Lipinski definition) is 4. The van der Waals surface area contributed by atoms with Gasteiger partial charge in [0.05, 0.1) is 6.33 Å². The van der Waals surface area contributed by atoms with Gasteiger partial charge in [0.2, 0.25) is 0 Å². The Morgan fingerprint density at radius 1 is 1.69 bits per heavy atom. The molecule has 6 heteroatoms. The average molecular weight is 225 g/mol. The molecule has 0 saturated carbocycles. The summed E-state index contributed by atoms with van der Waals surface area (Å²) in [5, 5.41) is 11.5. The number of aliphatic carboxylic acids is 1. The number of carbonyl (C=O) groups is 1. The smallest absolute Gasteiger partial charge is 0.303 e. The first-order valence-electron chi connectivity index (χ1n) is 5.08. The molecule has 0 aliphatic heterocycles. The van der Waals surface area contributed by atoms with Crippen molar-refractivity contribution < 1.29 is 9.90 Å². The van der Waals surface area contributed by atoms with Crippen molar-refractivity contribution in [3.8, 4) is 0 Å². The Morgan fingerprint density at radius 3 is 3.06 bits per heavy atom. The second-order valence-corrected chi connectivity index (χ2v) is 3.71. The van der Waals surface area contributed by atoms with Gasteiger partial charge in [0.1, 0.15) is 5.82 Å². The highest BCUT2D eigenvalue weighted by Crippen LogP contribution is 2.06. The predicted molar refractivity (Wildman–Crippen MR) is 59.4 cm³/mol. The van der Waals surface area contributed by atoms with Crippen LogP contribution in [0.1, 0.15) is 19.8 Å². The lowest BCUT2D eigenvalue weighted by Gasteiger charge is -2.11. The monoisotopic (exact) mass is 225 g/mol. The van der Waals surface area contributed by atoms with E-state index in [4.69, 9.17) is 5.11 Å². The quantitative estimate of drug-likeness (QED) is 0.661. The van der Waals surface area contributed by atoms with E-state index < -0.39 is 5.97 Å². The van der Waals surface area contributed by atoms with Gasteiger partial charge < -0.3 is 15.4 Å². The fourth-order valence-electron chi connectivity index (χ4n) is 1.22. The van der Waals surface area contributed by atoms with E-state index in [1.807, 2.05) is 6.92 Å². The summed E-state index contributed by atoms with van der Waals surface area (Å²) in [6, 6.07) is 1.36. The maximum Gasteiger partial charge on any atom is 0.303 e. The Morgan fingerprint density at radius 2 is 2.44 bits per heavy atom. The highest BCUT2D eigenvalue weighted by atomic mass is 16.4. The molecule has 0 fully saturated rings. The maximum absolute atomic E-state index is 10.9. The van der Waals surface area contributed by atoms with Crippen molar-refractivity contribution >= 4 is 11.8 Å². The maximum atomic E-state index is 10.9. The molecule has 3 N–H and O–H groups in total. The summed E-state index contributed by atoms with van der Waals surface area (Å²) in [4.78, 5) is 27.6. The number of nitrogens with zero attached hydrogens (tertiary/aromatic N) is 1. The number of carboxylic acid groups (broad SMARTS) is 1. The van der Waals surface area contributed by atoms with Crippen LogP contribution in [0.2, 0.25) is 0 Å². The summed E-state index contributed by atoms with van der Waals surface area (Å²) < 4.78 is 0. The third-order valence-electron chi connectivity index (χ3n) is 2.16. The van der Waals surface area contributed by atoms with Gasteiger partial charge in [0.15, 0.2) is 0 Å². The second-order valence-electron chi connectivity index (χ2n) is 3.71. The van der Waals surface area contributed by atoms with Crippen molar-refractivity contribution in [1.82, 2.24) is 9.97 Å². The van der Waals surface area contributed by atoms with E-state index in [2.05, 4.69) is 15.3 Å². The van der Waals surface area contributed by atoms with Gasteiger partial charge in [0.25, 0.3) is 5.56 Å². The molecule has 0 saturated heterocycles. The number of aromatic nitrogens is 2. The van der Waals surface area contributed by atoms with Gasteiger partial charge in [-0.15, -0.1) is 0 Å². The third-order valence-corrected chi connectivity index (χ3v) is 2.16. The van der Waals surface area contributed by atoms with E-state index in [1.54, 1.807) is 0 Å². The molecule has 1 unspecified atom stereocenters. The Kier molecular flexibility index (Phi) is 4.50. The molecular weight excluding hydrogens is 210 g/mol. The average Bonchev–Trinajstić information content (AvgIpc) is 2.23. The number of nitrogens with one attached hydrogen (secondary N) is 2. The van der Waals surface area contributed by atoms with Gasteiger partial charge in [-0.3, -0.25) is 9.59 Å². The molecule has 0 aliphatic carbocycles. The molecule has 88 valence electrons. The summed E-state index contributed by atoms with van der Waals surface area (Å²) in [7, 11) is 0. The highest BCUT2D eigenvalue weighted by molar-refractivity contribution is 5.66. The highest BCUT2D eigenvalue weighted by Gasteiger charge is 2.05. The molecule has 1 heterocycles. The summed E-state index contributed by atoms with van der Waals surface area (Å²) in [5.41, 5.74) is -0.212. The molecule has 0 spiro atoms. The Labute approximate surface area is 92.7 Å². The third kappa shape index (κ3) is 4.59. The minimum atomic E-state index is -0.791. The first kappa shape index (κ1) is 12.2. The van der Waals surface area contributed by atoms with E-state index in [9.17, 15) is 9.59 Å². The number of carboxylic acids is 1. The number of hydrogen-bond donors (Lipinski definition) is 3. The molecule has 1 atom stereocenters. The molecule has 6 nitrogen and oxygen atoms in total. The van der Waals surface area contributed by atoms with Crippen LogP contribution in [0.4, 0.5) is 5.82 Å². The zero-order valence-electron chi connectivity index (χ0n) is 9.06. The summed E-state index contributed by atoms with van der Waals surface area (Å²) in [6.45, 7) is 2.55. The zero-order valence-corrected chi connectivity index (χ0v) is 9.06. The van der Waals surface area contributed by atoms with Crippen LogP contribution >= 0.6 is 0 Å². The van der Waals surface area contributed by atoms with Gasteiger partial charge in [-0.25, -0.2) is 4.98 Å². The first-order chi connectivity index (χ1) is 7.58. The van der Waals surface area contributed by atoms with E-state index >= 15 is 0 Å². The molecule has 0 aromatic carbocycles. The van der Waals surface area contributed by atoms with Gasteiger partial charge in [-0.1, -0.05) is 6.92 Å². The van der Waals surface area contributed by atoms with Gasteiger partial charge >= 0.3 is 5.97 Å². The number of H-pyrrole nitrogens is 1. The topological polar surface area (TPSA) is 95.1 Å². The molecular formula is C10H15N3O3. The summed E-state index contributed by atoms with van der Waals surface area (Å²) >= 11 is 0. The van der Waals surface area contributed by atoms with Crippen molar-refractivity contribution in [1.29, 1.82) is 0 Å². The van der Waals surface area contributed by atoms with Crippen molar-refractivity contribution in [3.05, 3.63) is 22.7 Å². The number of anilines is 1. The van der Waals surface area contributed by atoms with E-state index in [1.165, 1.54) is 12.4 Å². The lowest BCUT2D eigenvalue weighted by molar-refractivity contribution is -0.137. The van der Waals surface area contributed by atoms with E-state index in [0.717, 1.165) is 0 Å². The van der Waals surface area contributed by atoms with Crippen LogP contribution in [0.25, 0.3) is 0 Å². The van der Waals surface area contributed by atoms with Crippen LogP contribution in [0.3, 0.4) is 0 Å². The fraction of sp³-hybridized carbons (Fsp3) is 0.500. The minimum absolute atomic E-state index is 0.158. The Balaban J connectivity index is 2.34. The molecule has 16 heavy (non-hydrogen) atoms. The van der Waals surface area contributed by atoms with E-state index in [0.29, 0.717) is 18.8 Å². The lowest BCUT2D eigenvalue weighted by atomic mass is 10.1. The van der Waals surface area contributed by atoms with Crippen LogP contribution in [0.5, 0.6) is 0 Å². The van der Waals surface area contributed by atoms with Crippen molar-refractivity contribution in [3.63, 3.8) is 0 Å². The second kappa shape index (κ2) is 5.89. The van der Waals surface area contributed by atoms with E-state index in [-0.39, 0.29) is 17.9 Å². The lowest BCUT2D eigenvalue weighted by Crippen LogP contribution is -2.15. The Hall–Kier alpha value is -1.85. The van der Waals surface area contributed by atoms with Crippen LogP contribution in [0.15, 0.2) is 17.2 Å². The van der Waals surface area contributed by atoms with Gasteiger partial charge in [0, 0.05) is 19.0 Å². The molecule has 1 aromatic rings. The number of rotatable bonds is 6. The Bertz CT molecular complexity index is 402. The number of aromatic amines is 1. The standard InChI is InChI=1S/C10H15N3O3/c1-7(2-3-10(15)16)5-11-8-4-9(14)13-6-12-8/h4,6-7H,2-3,5H2,1H3,(H,15,16)(H2,11,12,13,14). The normalized spacial score (nSPS) is 12.1. The zero-order chi connectivity index (χ0) is 12.0. The minimum Gasteiger partial charge on any atom is -0.481 e. The predicted octanol–water partition coefficient (Wildman–Crippen LogP) is 0.683. The SMILES string of the molecule is CC(CCC(=O)O)CNc1cc(=O)[nH]cn1. The summed E-state index contributed by atoms with van der Waals surface area (Å²) in [5.74, 6) is -0.0655. The largest absolute Gasteiger partial charge is 0.481 e. The molecule has 0 amide bonds. The first-order valence-corrected chi connectivity index (χ1v) is 5.08. The summed E-state index contributed by atoms with van der Waals surface area (Å²) in [6.07, 6.45) is 2.09. The van der Waals surface area contributed by atoms with Crippen LogP contribution in [0, 0.1) is 5.92 Å². The van der Waals surface area contributed by atoms with Crippen molar-refractivity contribution in [2.75, 3.05) is 11.9 Å². The molecule has 1 rings (SSSR count). The molecule has 0 aliphatic rings. The van der Waals surface area contributed by atoms with Crippen LogP contribution in [-0.4, -0.2) is 27.6 Å². The molecule has 0 radical (unpaired) electrons. The van der Waals surface area contributed by atoms with Gasteiger partial charge in [-0.2, -0.15) is 0 Å². The van der Waals surface area contributed by atoms with Crippen LogP contribution < -0.4 is 10.9 Å². The molecule has 0 bridgehead atoms.